The first-order valence-electron chi connectivity index (χ1n) is 4.96. The average molecular weight is 210 g/mol. The van der Waals surface area contributed by atoms with Crippen LogP contribution < -0.4 is 0 Å². The summed E-state index contributed by atoms with van der Waals surface area (Å²) < 4.78 is 12.9. The van der Waals surface area contributed by atoms with Gasteiger partial charge >= 0.3 is 5.97 Å². The third-order valence-corrected chi connectivity index (χ3v) is 2.33. The molecule has 1 N–H and O–H groups in total. The number of carbonyl (C=O) groups is 1. The Kier molecular flexibility index (Phi) is 3.83. The lowest BCUT2D eigenvalue weighted by molar-refractivity contribution is -0.142. The van der Waals surface area contributed by atoms with Crippen LogP contribution in [0, 0.1) is 0 Å². The summed E-state index contributed by atoms with van der Waals surface area (Å²) in [6.07, 6.45) is -1.87. The molecule has 0 saturated carbocycles. The highest BCUT2D eigenvalue weighted by atomic mass is 19.1. The SMILES string of the molecule is CC(C)c1ccc(CC(F)C(=O)O)cc1. The van der Waals surface area contributed by atoms with Crippen LogP contribution in [-0.2, 0) is 11.2 Å². The molecule has 0 radical (unpaired) electrons. The van der Waals surface area contributed by atoms with Crippen molar-refractivity contribution in [2.24, 2.45) is 0 Å². The zero-order valence-electron chi connectivity index (χ0n) is 8.90. The molecule has 0 spiro atoms. The summed E-state index contributed by atoms with van der Waals surface area (Å²) >= 11 is 0. The minimum Gasteiger partial charge on any atom is -0.479 e. The van der Waals surface area contributed by atoms with Gasteiger partial charge in [0.1, 0.15) is 0 Å². The minimum absolute atomic E-state index is 0.0618. The van der Waals surface area contributed by atoms with Gasteiger partial charge in [0.05, 0.1) is 0 Å². The Morgan fingerprint density at radius 1 is 1.33 bits per heavy atom. The number of hydrogen-bond acceptors (Lipinski definition) is 1. The fourth-order valence-electron chi connectivity index (χ4n) is 1.33. The summed E-state index contributed by atoms with van der Waals surface area (Å²) in [5.41, 5.74) is 1.89. The Bertz CT molecular complexity index is 330. The third kappa shape index (κ3) is 3.35. The average Bonchev–Trinajstić information content (AvgIpc) is 2.18. The normalized spacial score (nSPS) is 12.8. The van der Waals surface area contributed by atoms with E-state index in [9.17, 15) is 9.18 Å². The highest BCUT2D eigenvalue weighted by Gasteiger charge is 2.15. The van der Waals surface area contributed by atoms with E-state index < -0.39 is 12.1 Å². The van der Waals surface area contributed by atoms with E-state index in [1.807, 2.05) is 12.1 Å². The minimum atomic E-state index is -1.81. The largest absolute Gasteiger partial charge is 0.479 e. The molecule has 0 bridgehead atoms. The molecule has 82 valence electrons. The van der Waals surface area contributed by atoms with Gasteiger partial charge in [-0.2, -0.15) is 0 Å². The Morgan fingerprint density at radius 2 is 1.87 bits per heavy atom. The molecule has 1 atom stereocenters. The van der Waals surface area contributed by atoms with Gasteiger partial charge in [0, 0.05) is 6.42 Å². The first kappa shape index (κ1) is 11.7. The van der Waals surface area contributed by atoms with Gasteiger partial charge in [-0.3, -0.25) is 0 Å². The lowest BCUT2D eigenvalue weighted by Crippen LogP contribution is -2.17. The zero-order chi connectivity index (χ0) is 11.4. The second kappa shape index (κ2) is 4.91. The highest BCUT2D eigenvalue weighted by molar-refractivity contribution is 5.72. The number of hydrogen-bond donors (Lipinski definition) is 1. The fourth-order valence-corrected chi connectivity index (χ4v) is 1.33. The molecule has 1 unspecified atom stereocenters. The molecule has 2 nitrogen and oxygen atoms in total. The Hall–Kier alpha value is -1.38. The molecule has 0 heterocycles. The molecule has 15 heavy (non-hydrogen) atoms. The monoisotopic (exact) mass is 210 g/mol. The van der Waals surface area contributed by atoms with Crippen LogP contribution >= 0.6 is 0 Å². The summed E-state index contributed by atoms with van der Waals surface area (Å²) in [6.45, 7) is 4.15. The standard InChI is InChI=1S/C12H15FO2/c1-8(2)10-5-3-9(4-6-10)7-11(13)12(14)15/h3-6,8,11H,7H2,1-2H3,(H,14,15). The number of benzene rings is 1. The van der Waals surface area contributed by atoms with Crippen LogP contribution in [0.1, 0.15) is 30.9 Å². The number of carboxylic acid groups (broad SMARTS) is 1. The molecule has 0 fully saturated rings. The molecule has 0 saturated heterocycles. The van der Waals surface area contributed by atoms with Gasteiger partial charge < -0.3 is 5.11 Å². The molecule has 0 aliphatic rings. The van der Waals surface area contributed by atoms with Crippen molar-refractivity contribution in [1.29, 1.82) is 0 Å². The summed E-state index contributed by atoms with van der Waals surface area (Å²) in [5.74, 6) is -0.970. The predicted molar refractivity (Wildman–Crippen MR) is 56.8 cm³/mol. The summed E-state index contributed by atoms with van der Waals surface area (Å²) in [6, 6.07) is 7.39. The van der Waals surface area contributed by atoms with E-state index in [1.165, 1.54) is 5.56 Å². The number of alkyl halides is 1. The van der Waals surface area contributed by atoms with Gasteiger partial charge in [-0.1, -0.05) is 38.1 Å². The topological polar surface area (TPSA) is 37.3 Å². The molecule has 0 aromatic heterocycles. The van der Waals surface area contributed by atoms with Crippen molar-refractivity contribution in [3.63, 3.8) is 0 Å². The quantitative estimate of drug-likeness (QED) is 0.829. The number of carboxylic acids is 1. The molecule has 1 aromatic rings. The van der Waals surface area contributed by atoms with Crippen molar-refractivity contribution in [3.05, 3.63) is 35.4 Å². The Morgan fingerprint density at radius 3 is 2.27 bits per heavy atom. The van der Waals surface area contributed by atoms with Crippen molar-refractivity contribution in [2.45, 2.75) is 32.4 Å². The molecule has 0 aliphatic carbocycles. The van der Waals surface area contributed by atoms with Gasteiger partial charge in [0.25, 0.3) is 0 Å². The zero-order valence-corrected chi connectivity index (χ0v) is 8.90. The van der Waals surface area contributed by atoms with E-state index >= 15 is 0 Å². The van der Waals surface area contributed by atoms with Crippen LogP contribution in [0.3, 0.4) is 0 Å². The van der Waals surface area contributed by atoms with Gasteiger partial charge in [-0.25, -0.2) is 9.18 Å². The first-order valence-corrected chi connectivity index (χ1v) is 4.96. The van der Waals surface area contributed by atoms with E-state index in [0.29, 0.717) is 11.5 Å². The fraction of sp³-hybridized carbons (Fsp3) is 0.417. The van der Waals surface area contributed by atoms with E-state index in [2.05, 4.69) is 13.8 Å². The van der Waals surface area contributed by atoms with Crippen LogP contribution in [0.4, 0.5) is 4.39 Å². The summed E-state index contributed by atoms with van der Waals surface area (Å²) in [4.78, 5) is 10.3. The Balaban J connectivity index is 2.68. The second-order valence-electron chi connectivity index (χ2n) is 3.91. The molecular weight excluding hydrogens is 195 g/mol. The number of rotatable bonds is 4. The van der Waals surface area contributed by atoms with Crippen molar-refractivity contribution in [3.8, 4) is 0 Å². The first-order chi connectivity index (χ1) is 7.00. The Labute approximate surface area is 88.7 Å². The summed E-state index contributed by atoms with van der Waals surface area (Å²) in [7, 11) is 0. The number of halogens is 1. The van der Waals surface area contributed by atoms with Crippen LogP contribution in [0.15, 0.2) is 24.3 Å². The van der Waals surface area contributed by atoms with Crippen LogP contribution in [0.25, 0.3) is 0 Å². The molecule has 3 heteroatoms. The van der Waals surface area contributed by atoms with E-state index in [0.717, 1.165) is 0 Å². The van der Waals surface area contributed by atoms with Crippen LogP contribution in [0.5, 0.6) is 0 Å². The maximum Gasteiger partial charge on any atom is 0.338 e. The maximum absolute atomic E-state index is 12.9. The number of aliphatic carboxylic acids is 1. The third-order valence-electron chi connectivity index (χ3n) is 2.33. The molecule has 1 rings (SSSR count). The van der Waals surface area contributed by atoms with E-state index in [1.54, 1.807) is 12.1 Å². The van der Waals surface area contributed by atoms with Gasteiger partial charge in [-0.15, -0.1) is 0 Å². The second-order valence-corrected chi connectivity index (χ2v) is 3.91. The van der Waals surface area contributed by atoms with Crippen LogP contribution in [0.2, 0.25) is 0 Å². The highest BCUT2D eigenvalue weighted by Crippen LogP contribution is 2.15. The molecule has 1 aromatic carbocycles. The van der Waals surface area contributed by atoms with Crippen LogP contribution in [-0.4, -0.2) is 17.2 Å². The molecule has 0 amide bonds. The van der Waals surface area contributed by atoms with E-state index in [4.69, 9.17) is 5.11 Å². The predicted octanol–water partition coefficient (Wildman–Crippen LogP) is 2.78. The molecule has 0 aliphatic heterocycles. The van der Waals surface area contributed by atoms with E-state index in [-0.39, 0.29) is 6.42 Å². The van der Waals surface area contributed by atoms with Crippen molar-refractivity contribution < 1.29 is 14.3 Å². The van der Waals surface area contributed by atoms with Crippen molar-refractivity contribution >= 4 is 5.97 Å². The van der Waals surface area contributed by atoms with Crippen molar-refractivity contribution in [2.75, 3.05) is 0 Å². The lowest BCUT2D eigenvalue weighted by Gasteiger charge is -2.07. The summed E-state index contributed by atoms with van der Waals surface area (Å²) in [5, 5.41) is 8.41. The van der Waals surface area contributed by atoms with Gasteiger partial charge in [0.2, 0.25) is 6.17 Å². The molecular formula is C12H15FO2. The maximum atomic E-state index is 12.9. The smallest absolute Gasteiger partial charge is 0.338 e. The lowest BCUT2D eigenvalue weighted by atomic mass is 10.00. The van der Waals surface area contributed by atoms with Gasteiger partial charge in [0.15, 0.2) is 0 Å². The van der Waals surface area contributed by atoms with Gasteiger partial charge in [-0.05, 0) is 17.0 Å². The van der Waals surface area contributed by atoms with Crippen molar-refractivity contribution in [1.82, 2.24) is 0 Å².